The minimum atomic E-state index is 0.124. The van der Waals surface area contributed by atoms with Crippen LogP contribution in [0, 0.1) is 6.92 Å². The van der Waals surface area contributed by atoms with Crippen LogP contribution in [0.1, 0.15) is 30.9 Å². The summed E-state index contributed by atoms with van der Waals surface area (Å²) in [6, 6.07) is 2.24. The zero-order chi connectivity index (χ0) is 12.9. The van der Waals surface area contributed by atoms with E-state index in [-0.39, 0.29) is 11.5 Å². The van der Waals surface area contributed by atoms with Crippen LogP contribution in [-0.4, -0.2) is 19.3 Å². The maximum absolute atomic E-state index is 6.19. The second-order valence-electron chi connectivity index (χ2n) is 5.35. The lowest BCUT2D eigenvalue weighted by Gasteiger charge is -2.28. The molecule has 0 aromatic heterocycles. The number of fused-ring (bicyclic) bond motifs is 1. The molecule has 1 fully saturated rings. The SMILES string of the molecule is Cc1cc2c(c(Br)c1C1(C(C)N)CC1)OCCO2. The Bertz CT molecular complexity index is 495. The molecular weight excluding hydrogens is 294 g/mol. The van der Waals surface area contributed by atoms with Gasteiger partial charge in [-0.25, -0.2) is 0 Å². The van der Waals surface area contributed by atoms with Crippen LogP contribution in [0.25, 0.3) is 0 Å². The van der Waals surface area contributed by atoms with E-state index in [4.69, 9.17) is 15.2 Å². The highest BCUT2D eigenvalue weighted by molar-refractivity contribution is 9.10. The summed E-state index contributed by atoms with van der Waals surface area (Å²) in [7, 11) is 0. The Kier molecular flexibility index (Phi) is 2.83. The van der Waals surface area contributed by atoms with Gasteiger partial charge in [-0.1, -0.05) is 0 Å². The van der Waals surface area contributed by atoms with Crippen molar-refractivity contribution in [1.82, 2.24) is 0 Å². The first-order chi connectivity index (χ1) is 8.56. The molecule has 1 aromatic carbocycles. The molecule has 98 valence electrons. The van der Waals surface area contributed by atoms with Crippen molar-refractivity contribution in [3.05, 3.63) is 21.7 Å². The van der Waals surface area contributed by atoms with Crippen molar-refractivity contribution >= 4 is 15.9 Å². The van der Waals surface area contributed by atoms with Crippen LogP contribution in [0.3, 0.4) is 0 Å². The highest BCUT2D eigenvalue weighted by Crippen LogP contribution is 2.56. The number of halogens is 1. The number of benzene rings is 1. The van der Waals surface area contributed by atoms with E-state index in [1.54, 1.807) is 0 Å². The summed E-state index contributed by atoms with van der Waals surface area (Å²) < 4.78 is 12.4. The summed E-state index contributed by atoms with van der Waals surface area (Å²) in [6.07, 6.45) is 2.31. The van der Waals surface area contributed by atoms with Crippen molar-refractivity contribution in [1.29, 1.82) is 0 Å². The highest BCUT2D eigenvalue weighted by atomic mass is 79.9. The Morgan fingerprint density at radius 1 is 1.33 bits per heavy atom. The van der Waals surface area contributed by atoms with Crippen LogP contribution in [0.15, 0.2) is 10.5 Å². The van der Waals surface area contributed by atoms with Crippen molar-refractivity contribution in [2.24, 2.45) is 5.73 Å². The molecule has 4 heteroatoms. The van der Waals surface area contributed by atoms with Gasteiger partial charge >= 0.3 is 0 Å². The van der Waals surface area contributed by atoms with Crippen LogP contribution in [0.2, 0.25) is 0 Å². The third kappa shape index (κ3) is 1.66. The molecule has 1 aromatic rings. The van der Waals surface area contributed by atoms with Gasteiger partial charge in [0.05, 0.1) is 4.47 Å². The zero-order valence-corrected chi connectivity index (χ0v) is 12.3. The summed E-state index contributed by atoms with van der Waals surface area (Å²) in [4.78, 5) is 0. The third-order valence-corrected chi connectivity index (χ3v) is 4.89. The fourth-order valence-corrected chi connectivity index (χ4v) is 3.96. The first-order valence-electron chi connectivity index (χ1n) is 6.41. The molecule has 1 atom stereocenters. The minimum absolute atomic E-state index is 0.124. The smallest absolute Gasteiger partial charge is 0.175 e. The quantitative estimate of drug-likeness (QED) is 0.913. The average Bonchev–Trinajstić information content (AvgIpc) is 3.10. The predicted octanol–water partition coefficient (Wildman–Crippen LogP) is 2.91. The molecule has 1 aliphatic heterocycles. The van der Waals surface area contributed by atoms with Gasteiger partial charge < -0.3 is 15.2 Å². The fraction of sp³-hybridized carbons (Fsp3) is 0.571. The van der Waals surface area contributed by atoms with Gasteiger partial charge in [0.15, 0.2) is 11.5 Å². The van der Waals surface area contributed by atoms with Crippen molar-refractivity contribution in [3.8, 4) is 11.5 Å². The van der Waals surface area contributed by atoms with E-state index in [2.05, 4.69) is 35.8 Å². The topological polar surface area (TPSA) is 44.5 Å². The van der Waals surface area contributed by atoms with Gasteiger partial charge in [0.1, 0.15) is 13.2 Å². The van der Waals surface area contributed by atoms with Crippen LogP contribution < -0.4 is 15.2 Å². The molecule has 1 saturated carbocycles. The number of hydrogen-bond donors (Lipinski definition) is 1. The molecule has 1 aliphatic carbocycles. The second-order valence-corrected chi connectivity index (χ2v) is 6.14. The second kappa shape index (κ2) is 4.14. The molecule has 3 rings (SSSR count). The van der Waals surface area contributed by atoms with Gasteiger partial charge in [-0.05, 0) is 59.8 Å². The number of nitrogens with two attached hydrogens (primary N) is 1. The van der Waals surface area contributed by atoms with E-state index in [0.717, 1.165) is 28.8 Å². The van der Waals surface area contributed by atoms with Gasteiger partial charge in [0, 0.05) is 11.5 Å². The van der Waals surface area contributed by atoms with Gasteiger partial charge in [0.2, 0.25) is 0 Å². The van der Waals surface area contributed by atoms with E-state index in [1.807, 2.05) is 0 Å². The maximum atomic E-state index is 6.19. The van der Waals surface area contributed by atoms with Crippen molar-refractivity contribution in [3.63, 3.8) is 0 Å². The van der Waals surface area contributed by atoms with Crippen LogP contribution in [0.4, 0.5) is 0 Å². The molecule has 2 N–H and O–H groups in total. The number of hydrogen-bond acceptors (Lipinski definition) is 3. The van der Waals surface area contributed by atoms with Gasteiger partial charge in [-0.15, -0.1) is 0 Å². The predicted molar refractivity (Wildman–Crippen MR) is 74.4 cm³/mol. The Morgan fingerprint density at radius 3 is 2.61 bits per heavy atom. The van der Waals surface area contributed by atoms with Gasteiger partial charge in [0.25, 0.3) is 0 Å². The largest absolute Gasteiger partial charge is 0.486 e. The molecular formula is C14H18BrNO2. The summed E-state index contributed by atoms with van der Waals surface area (Å²) >= 11 is 3.70. The maximum Gasteiger partial charge on any atom is 0.175 e. The lowest BCUT2D eigenvalue weighted by atomic mass is 9.86. The normalized spacial score (nSPS) is 21.6. The molecule has 3 nitrogen and oxygen atoms in total. The van der Waals surface area contributed by atoms with Crippen LogP contribution in [-0.2, 0) is 5.41 Å². The molecule has 2 aliphatic rings. The van der Waals surface area contributed by atoms with E-state index in [1.165, 1.54) is 11.1 Å². The Hall–Kier alpha value is -0.740. The number of aryl methyl sites for hydroxylation is 1. The van der Waals surface area contributed by atoms with E-state index >= 15 is 0 Å². The summed E-state index contributed by atoms with van der Waals surface area (Å²) in [5, 5.41) is 0. The molecule has 0 bridgehead atoms. The summed E-state index contributed by atoms with van der Waals surface area (Å²) in [5.41, 5.74) is 8.85. The minimum Gasteiger partial charge on any atom is -0.486 e. The molecule has 0 amide bonds. The first kappa shape index (κ1) is 12.3. The fourth-order valence-electron chi connectivity index (χ4n) is 2.95. The molecule has 0 spiro atoms. The van der Waals surface area contributed by atoms with Crippen LogP contribution >= 0.6 is 15.9 Å². The van der Waals surface area contributed by atoms with E-state index < -0.39 is 0 Å². The lowest BCUT2D eigenvalue weighted by molar-refractivity contribution is 0.170. The monoisotopic (exact) mass is 311 g/mol. The number of ether oxygens (including phenoxy) is 2. The molecule has 0 radical (unpaired) electrons. The van der Waals surface area contributed by atoms with Crippen LogP contribution in [0.5, 0.6) is 11.5 Å². The van der Waals surface area contributed by atoms with Gasteiger partial charge in [-0.3, -0.25) is 0 Å². The zero-order valence-electron chi connectivity index (χ0n) is 10.8. The number of rotatable bonds is 2. The standard InChI is InChI=1S/C14H18BrNO2/c1-8-7-10-13(18-6-5-17-10)12(15)11(8)14(3-4-14)9(2)16/h7,9H,3-6,16H2,1-2H3. The molecule has 0 saturated heterocycles. The average molecular weight is 312 g/mol. The van der Waals surface area contributed by atoms with E-state index in [0.29, 0.717) is 13.2 Å². The van der Waals surface area contributed by atoms with Crippen molar-refractivity contribution in [2.45, 2.75) is 38.1 Å². The summed E-state index contributed by atoms with van der Waals surface area (Å²) in [5.74, 6) is 1.68. The Labute approximate surface area is 116 Å². The van der Waals surface area contributed by atoms with Crippen molar-refractivity contribution < 1.29 is 9.47 Å². The van der Waals surface area contributed by atoms with E-state index in [9.17, 15) is 0 Å². The molecule has 18 heavy (non-hydrogen) atoms. The Balaban J connectivity index is 2.16. The van der Waals surface area contributed by atoms with Crippen molar-refractivity contribution in [2.75, 3.05) is 13.2 Å². The first-order valence-corrected chi connectivity index (χ1v) is 7.20. The van der Waals surface area contributed by atoms with Gasteiger partial charge in [-0.2, -0.15) is 0 Å². The Morgan fingerprint density at radius 2 is 2.00 bits per heavy atom. The summed E-state index contributed by atoms with van der Waals surface area (Å²) in [6.45, 7) is 5.45. The molecule has 1 heterocycles. The lowest BCUT2D eigenvalue weighted by Crippen LogP contribution is -2.32. The third-order valence-electron chi connectivity index (χ3n) is 4.13. The highest BCUT2D eigenvalue weighted by Gasteiger charge is 2.50. The molecule has 1 unspecified atom stereocenters.